The summed E-state index contributed by atoms with van der Waals surface area (Å²) < 4.78 is 37.9. The fraction of sp³-hybridized carbons (Fsp3) is 0.600. The highest BCUT2D eigenvalue weighted by atomic mass is 19.4. The van der Waals surface area contributed by atoms with Crippen molar-refractivity contribution in [2.45, 2.75) is 38.3 Å². The molecule has 0 amide bonds. The number of halogens is 3. The van der Waals surface area contributed by atoms with Gasteiger partial charge in [0.15, 0.2) is 0 Å². The number of anilines is 1. The fourth-order valence-electron chi connectivity index (χ4n) is 2.79. The van der Waals surface area contributed by atoms with Crippen LogP contribution in [-0.4, -0.2) is 18.3 Å². The van der Waals surface area contributed by atoms with Crippen LogP contribution in [0.4, 0.5) is 18.9 Å². The maximum absolute atomic E-state index is 12.6. The normalized spacial score (nSPS) is 18.8. The highest BCUT2D eigenvalue weighted by molar-refractivity contribution is 5.46. The molecule has 0 atom stereocenters. The van der Waals surface area contributed by atoms with E-state index in [0.717, 1.165) is 37.8 Å². The molecular formula is C15H20F3NO. The molecular weight excluding hydrogens is 267 g/mol. The van der Waals surface area contributed by atoms with Crippen LogP contribution < -0.4 is 5.32 Å². The van der Waals surface area contributed by atoms with E-state index in [9.17, 15) is 18.3 Å². The molecule has 2 N–H and O–H groups in total. The molecule has 0 aromatic heterocycles. The average molecular weight is 287 g/mol. The van der Waals surface area contributed by atoms with Crippen molar-refractivity contribution in [3.63, 3.8) is 0 Å². The van der Waals surface area contributed by atoms with E-state index in [1.54, 1.807) is 6.07 Å². The number of hydrogen-bond acceptors (Lipinski definition) is 2. The predicted molar refractivity (Wildman–Crippen MR) is 72.5 cm³/mol. The van der Waals surface area contributed by atoms with Gasteiger partial charge in [0.25, 0.3) is 0 Å². The van der Waals surface area contributed by atoms with Gasteiger partial charge >= 0.3 is 6.18 Å². The molecule has 1 aromatic rings. The molecule has 0 saturated heterocycles. The molecule has 0 radical (unpaired) electrons. The number of nitrogens with one attached hydrogen (secondary N) is 1. The third-order valence-corrected chi connectivity index (χ3v) is 4.11. The smallest absolute Gasteiger partial charge is 0.396 e. The number of hydrogen-bond donors (Lipinski definition) is 2. The summed E-state index contributed by atoms with van der Waals surface area (Å²) in [6.07, 6.45) is 0.850. The zero-order valence-corrected chi connectivity index (χ0v) is 11.3. The zero-order chi connectivity index (χ0) is 14.6. The largest absolute Gasteiger partial charge is 0.416 e. The van der Waals surface area contributed by atoms with E-state index in [1.165, 1.54) is 12.5 Å². The lowest BCUT2D eigenvalue weighted by Gasteiger charge is -2.36. The maximum atomic E-state index is 12.6. The van der Waals surface area contributed by atoms with E-state index in [2.05, 4.69) is 5.32 Å². The first kappa shape index (κ1) is 15.2. The van der Waals surface area contributed by atoms with Gasteiger partial charge in [-0.05, 0) is 31.0 Å². The van der Waals surface area contributed by atoms with Crippen LogP contribution in [0.15, 0.2) is 24.3 Å². The molecule has 0 unspecified atom stereocenters. The number of benzene rings is 1. The molecule has 1 fully saturated rings. The third-order valence-electron chi connectivity index (χ3n) is 4.11. The summed E-state index contributed by atoms with van der Waals surface area (Å²) in [5.41, 5.74) is -0.380. The summed E-state index contributed by atoms with van der Waals surface area (Å²) in [4.78, 5) is 0. The van der Waals surface area contributed by atoms with Crippen LogP contribution >= 0.6 is 0 Å². The summed E-state index contributed by atoms with van der Waals surface area (Å²) in [5.74, 6) is 0. The Morgan fingerprint density at radius 3 is 2.45 bits per heavy atom. The van der Waals surface area contributed by atoms with Gasteiger partial charge in [0, 0.05) is 17.6 Å². The minimum Gasteiger partial charge on any atom is -0.396 e. The van der Waals surface area contributed by atoms with Crippen LogP contribution in [0.5, 0.6) is 0 Å². The maximum Gasteiger partial charge on any atom is 0.416 e. The van der Waals surface area contributed by atoms with Crippen LogP contribution in [0.25, 0.3) is 0 Å². The van der Waals surface area contributed by atoms with E-state index in [1.807, 2.05) is 0 Å². The van der Waals surface area contributed by atoms with E-state index >= 15 is 0 Å². The number of alkyl halides is 3. The Morgan fingerprint density at radius 1 is 1.15 bits per heavy atom. The standard InChI is InChI=1S/C15H20F3NO/c16-15(17,18)12-5-4-6-13(9-12)19-10-14(11-20)7-2-1-3-8-14/h4-6,9,19-20H,1-3,7-8,10-11H2. The van der Waals surface area contributed by atoms with Gasteiger partial charge in [-0.2, -0.15) is 13.2 Å². The van der Waals surface area contributed by atoms with Crippen molar-refractivity contribution in [2.75, 3.05) is 18.5 Å². The Labute approximate surface area is 117 Å². The second-order valence-corrected chi connectivity index (χ2v) is 5.65. The molecule has 1 aromatic carbocycles. The Balaban J connectivity index is 2.03. The average Bonchev–Trinajstić information content (AvgIpc) is 2.46. The van der Waals surface area contributed by atoms with E-state index < -0.39 is 11.7 Å². The number of aliphatic hydroxyl groups excluding tert-OH is 1. The summed E-state index contributed by atoms with van der Waals surface area (Å²) in [6, 6.07) is 5.21. The summed E-state index contributed by atoms with van der Waals surface area (Å²) in [5, 5.41) is 12.6. The quantitative estimate of drug-likeness (QED) is 0.875. The molecule has 0 heterocycles. The lowest BCUT2D eigenvalue weighted by atomic mass is 9.74. The number of aliphatic hydroxyl groups is 1. The second-order valence-electron chi connectivity index (χ2n) is 5.65. The van der Waals surface area contributed by atoms with Crippen molar-refractivity contribution in [3.05, 3.63) is 29.8 Å². The molecule has 2 rings (SSSR count). The number of rotatable bonds is 4. The van der Waals surface area contributed by atoms with Crippen LogP contribution in [-0.2, 0) is 6.18 Å². The summed E-state index contributed by atoms with van der Waals surface area (Å²) in [6.45, 7) is 0.601. The topological polar surface area (TPSA) is 32.3 Å². The van der Waals surface area contributed by atoms with E-state index in [0.29, 0.717) is 12.2 Å². The molecule has 2 nitrogen and oxygen atoms in total. The minimum atomic E-state index is -4.32. The molecule has 5 heteroatoms. The van der Waals surface area contributed by atoms with Crippen molar-refractivity contribution < 1.29 is 18.3 Å². The van der Waals surface area contributed by atoms with Crippen LogP contribution in [0.2, 0.25) is 0 Å². The van der Waals surface area contributed by atoms with Crippen LogP contribution in [0.1, 0.15) is 37.7 Å². The first-order valence-corrected chi connectivity index (χ1v) is 6.97. The molecule has 112 valence electrons. The van der Waals surface area contributed by atoms with Crippen LogP contribution in [0.3, 0.4) is 0 Å². The first-order chi connectivity index (χ1) is 9.45. The first-order valence-electron chi connectivity index (χ1n) is 6.97. The SMILES string of the molecule is OCC1(CNc2cccc(C(F)(F)F)c2)CCCCC1. The highest BCUT2D eigenvalue weighted by Crippen LogP contribution is 2.36. The molecule has 1 saturated carbocycles. The highest BCUT2D eigenvalue weighted by Gasteiger charge is 2.32. The van der Waals surface area contributed by atoms with Gasteiger partial charge in [0.1, 0.15) is 0 Å². The summed E-state index contributed by atoms with van der Waals surface area (Å²) in [7, 11) is 0. The zero-order valence-electron chi connectivity index (χ0n) is 11.3. The molecule has 20 heavy (non-hydrogen) atoms. The lowest BCUT2D eigenvalue weighted by Crippen LogP contribution is -2.35. The van der Waals surface area contributed by atoms with Crippen molar-refractivity contribution in [1.82, 2.24) is 0 Å². The molecule has 1 aliphatic carbocycles. The molecule has 0 spiro atoms. The van der Waals surface area contributed by atoms with Crippen molar-refractivity contribution in [2.24, 2.45) is 5.41 Å². The molecule has 0 aliphatic heterocycles. The molecule has 1 aliphatic rings. The Bertz CT molecular complexity index is 439. The predicted octanol–water partition coefficient (Wildman–Crippen LogP) is 4.06. The van der Waals surface area contributed by atoms with E-state index in [-0.39, 0.29) is 12.0 Å². The fourth-order valence-corrected chi connectivity index (χ4v) is 2.79. The second kappa shape index (κ2) is 6.04. The van der Waals surface area contributed by atoms with E-state index in [4.69, 9.17) is 0 Å². The van der Waals surface area contributed by atoms with Crippen molar-refractivity contribution in [3.8, 4) is 0 Å². The lowest BCUT2D eigenvalue weighted by molar-refractivity contribution is -0.137. The van der Waals surface area contributed by atoms with Gasteiger partial charge in [-0.3, -0.25) is 0 Å². The van der Waals surface area contributed by atoms with Crippen molar-refractivity contribution in [1.29, 1.82) is 0 Å². The third kappa shape index (κ3) is 3.66. The van der Waals surface area contributed by atoms with Gasteiger partial charge in [0.05, 0.1) is 12.2 Å². The van der Waals surface area contributed by atoms with Gasteiger partial charge in [-0.25, -0.2) is 0 Å². The van der Waals surface area contributed by atoms with Gasteiger partial charge in [0.2, 0.25) is 0 Å². The van der Waals surface area contributed by atoms with Crippen molar-refractivity contribution >= 4 is 5.69 Å². The monoisotopic (exact) mass is 287 g/mol. The molecule has 0 bridgehead atoms. The van der Waals surface area contributed by atoms with Gasteiger partial charge in [-0.15, -0.1) is 0 Å². The minimum absolute atomic E-state index is 0.0823. The summed E-state index contributed by atoms with van der Waals surface area (Å²) >= 11 is 0. The Morgan fingerprint density at radius 2 is 1.85 bits per heavy atom. The van der Waals surface area contributed by atoms with Gasteiger partial charge in [-0.1, -0.05) is 25.3 Å². The van der Waals surface area contributed by atoms with Gasteiger partial charge < -0.3 is 10.4 Å². The van der Waals surface area contributed by atoms with Crippen LogP contribution in [0, 0.1) is 5.41 Å². The Hall–Kier alpha value is -1.23. The Kier molecular flexibility index (Phi) is 4.58.